The number of hydrogen-bond acceptors (Lipinski definition) is 5. The van der Waals surface area contributed by atoms with Gasteiger partial charge in [0.15, 0.2) is 0 Å². The third-order valence-electron chi connectivity index (χ3n) is 4.44. The van der Waals surface area contributed by atoms with Crippen molar-refractivity contribution in [1.29, 1.82) is 5.26 Å². The van der Waals surface area contributed by atoms with Crippen LogP contribution in [0.1, 0.15) is 35.9 Å². The molecule has 3 aromatic rings. The van der Waals surface area contributed by atoms with Crippen molar-refractivity contribution in [3.63, 3.8) is 0 Å². The van der Waals surface area contributed by atoms with E-state index < -0.39 is 0 Å². The van der Waals surface area contributed by atoms with E-state index in [0.717, 1.165) is 33.5 Å². The van der Waals surface area contributed by atoms with Crippen molar-refractivity contribution >= 4 is 34.3 Å². The Labute approximate surface area is 169 Å². The normalized spacial score (nSPS) is 11.8. The first-order valence-corrected chi connectivity index (χ1v) is 10.0. The van der Waals surface area contributed by atoms with Crippen LogP contribution in [-0.2, 0) is 4.79 Å². The van der Waals surface area contributed by atoms with Gasteiger partial charge in [-0.1, -0.05) is 36.9 Å². The van der Waals surface area contributed by atoms with Gasteiger partial charge in [0, 0.05) is 16.8 Å². The Morgan fingerprint density at radius 1 is 1.18 bits per heavy atom. The molecule has 5 nitrogen and oxygen atoms in total. The molecule has 0 radical (unpaired) electrons. The van der Waals surface area contributed by atoms with Crippen LogP contribution in [0.4, 0.5) is 5.69 Å². The minimum Gasteiger partial charge on any atom is -0.324 e. The summed E-state index contributed by atoms with van der Waals surface area (Å²) >= 11 is 1.34. The van der Waals surface area contributed by atoms with Crippen LogP contribution in [0, 0.1) is 32.1 Å². The van der Waals surface area contributed by atoms with Crippen molar-refractivity contribution in [1.82, 2.24) is 9.97 Å². The molecule has 6 heteroatoms. The fraction of sp³-hybridized carbons (Fsp3) is 0.273. The summed E-state index contributed by atoms with van der Waals surface area (Å²) in [5.41, 5.74) is 4.69. The van der Waals surface area contributed by atoms with Crippen LogP contribution in [0.5, 0.6) is 0 Å². The summed E-state index contributed by atoms with van der Waals surface area (Å²) in [6, 6.07) is 13.7. The van der Waals surface area contributed by atoms with E-state index in [4.69, 9.17) is 0 Å². The molecule has 3 rings (SSSR count). The number of aromatic nitrogens is 2. The second kappa shape index (κ2) is 8.41. The molecule has 0 aliphatic rings. The zero-order valence-corrected chi connectivity index (χ0v) is 17.2. The molecule has 1 unspecified atom stereocenters. The molecular formula is C22H22N4OS. The lowest BCUT2D eigenvalue weighted by atomic mass is 10.1. The van der Waals surface area contributed by atoms with Gasteiger partial charge in [0.2, 0.25) is 5.91 Å². The van der Waals surface area contributed by atoms with Gasteiger partial charge in [-0.05, 0) is 51.0 Å². The van der Waals surface area contributed by atoms with Crippen molar-refractivity contribution in [2.45, 2.75) is 44.4 Å². The number of anilines is 1. The lowest BCUT2D eigenvalue weighted by Crippen LogP contribution is -2.25. The van der Waals surface area contributed by atoms with E-state index in [1.807, 2.05) is 64.1 Å². The first kappa shape index (κ1) is 19.8. The van der Waals surface area contributed by atoms with Gasteiger partial charge < -0.3 is 5.32 Å². The van der Waals surface area contributed by atoms with Gasteiger partial charge in [-0.2, -0.15) is 5.26 Å². The summed E-state index contributed by atoms with van der Waals surface area (Å²) in [4.78, 5) is 22.0. The molecule has 0 fully saturated rings. The van der Waals surface area contributed by atoms with Gasteiger partial charge in [0.25, 0.3) is 0 Å². The average Bonchev–Trinajstić information content (AvgIpc) is 2.65. The van der Waals surface area contributed by atoms with Crippen LogP contribution < -0.4 is 5.32 Å². The van der Waals surface area contributed by atoms with E-state index in [-0.39, 0.29) is 11.2 Å². The number of fused-ring (bicyclic) bond motifs is 1. The Kier molecular flexibility index (Phi) is 5.96. The summed E-state index contributed by atoms with van der Waals surface area (Å²) in [5, 5.41) is 13.7. The largest absolute Gasteiger partial charge is 0.324 e. The van der Waals surface area contributed by atoms with E-state index in [9.17, 15) is 10.1 Å². The number of rotatable bonds is 5. The van der Waals surface area contributed by atoms with Gasteiger partial charge in [-0.25, -0.2) is 4.98 Å². The first-order valence-electron chi connectivity index (χ1n) is 9.15. The van der Waals surface area contributed by atoms with Gasteiger partial charge in [0.05, 0.1) is 22.0 Å². The second-order valence-corrected chi connectivity index (χ2v) is 7.90. The second-order valence-electron chi connectivity index (χ2n) is 6.70. The lowest BCUT2D eigenvalue weighted by Gasteiger charge is -2.17. The molecular weight excluding hydrogens is 368 g/mol. The molecule has 0 saturated heterocycles. The molecule has 1 aromatic carbocycles. The molecule has 28 heavy (non-hydrogen) atoms. The van der Waals surface area contributed by atoms with Crippen molar-refractivity contribution in [2.24, 2.45) is 0 Å². The predicted octanol–water partition coefficient (Wildman–Crippen LogP) is 4.94. The van der Waals surface area contributed by atoms with Crippen LogP contribution in [0.3, 0.4) is 0 Å². The smallest absolute Gasteiger partial charge is 0.237 e. The van der Waals surface area contributed by atoms with E-state index in [1.54, 1.807) is 0 Å². The molecule has 2 heterocycles. The highest BCUT2D eigenvalue weighted by atomic mass is 32.2. The van der Waals surface area contributed by atoms with Crippen molar-refractivity contribution in [3.8, 4) is 6.07 Å². The average molecular weight is 391 g/mol. The molecule has 1 atom stereocenters. The molecule has 0 spiro atoms. The quantitative estimate of drug-likeness (QED) is 0.625. The maximum Gasteiger partial charge on any atom is 0.237 e. The summed E-state index contributed by atoms with van der Waals surface area (Å²) < 4.78 is 0. The molecule has 0 aliphatic carbocycles. The summed E-state index contributed by atoms with van der Waals surface area (Å²) in [6.07, 6.45) is 0.623. The van der Waals surface area contributed by atoms with Crippen molar-refractivity contribution in [3.05, 3.63) is 58.9 Å². The van der Waals surface area contributed by atoms with E-state index in [1.165, 1.54) is 11.8 Å². The maximum absolute atomic E-state index is 13.0. The molecule has 0 saturated carbocycles. The van der Waals surface area contributed by atoms with Gasteiger partial charge in [-0.3, -0.25) is 9.78 Å². The highest BCUT2D eigenvalue weighted by Crippen LogP contribution is 2.30. The standard InChI is InChI=1S/C22H22N4OS/c1-5-20(28-22-17(12-23)13(2)10-14(3)25-22)21(27)26-19-11-15(4)24-18-9-7-6-8-16(18)19/h6-11,20H,5H2,1-4H3,(H,24,26,27). The summed E-state index contributed by atoms with van der Waals surface area (Å²) in [7, 11) is 0. The lowest BCUT2D eigenvalue weighted by molar-refractivity contribution is -0.115. The third kappa shape index (κ3) is 4.15. The van der Waals surface area contributed by atoms with Crippen LogP contribution in [-0.4, -0.2) is 21.1 Å². The van der Waals surface area contributed by atoms with Crippen LogP contribution >= 0.6 is 11.8 Å². The first-order chi connectivity index (χ1) is 13.4. The predicted molar refractivity (Wildman–Crippen MR) is 113 cm³/mol. The number of amides is 1. The fourth-order valence-corrected chi connectivity index (χ4v) is 4.23. The van der Waals surface area contributed by atoms with Crippen molar-refractivity contribution in [2.75, 3.05) is 5.32 Å². The number of carbonyl (C=O) groups excluding carboxylic acids is 1. The number of thioether (sulfide) groups is 1. The van der Waals surface area contributed by atoms with Gasteiger partial charge in [-0.15, -0.1) is 0 Å². The number of para-hydroxylation sites is 1. The SMILES string of the molecule is CCC(Sc1nc(C)cc(C)c1C#N)C(=O)Nc1cc(C)nc2ccccc12. The van der Waals surface area contributed by atoms with E-state index in [0.29, 0.717) is 17.0 Å². The number of benzene rings is 1. The molecule has 142 valence electrons. The minimum atomic E-state index is -0.354. The third-order valence-corrected chi connectivity index (χ3v) is 5.79. The zero-order chi connectivity index (χ0) is 20.3. The highest BCUT2D eigenvalue weighted by molar-refractivity contribution is 8.00. The topological polar surface area (TPSA) is 78.7 Å². The van der Waals surface area contributed by atoms with Crippen molar-refractivity contribution < 1.29 is 4.79 Å². The Morgan fingerprint density at radius 3 is 2.61 bits per heavy atom. The maximum atomic E-state index is 13.0. The summed E-state index contributed by atoms with van der Waals surface area (Å²) in [5.74, 6) is -0.104. The molecule has 0 aliphatic heterocycles. The molecule has 0 bridgehead atoms. The number of carbonyl (C=O) groups is 1. The number of nitrogens with zero attached hydrogens (tertiary/aromatic N) is 3. The van der Waals surface area contributed by atoms with Crippen LogP contribution in [0.25, 0.3) is 10.9 Å². The van der Waals surface area contributed by atoms with E-state index >= 15 is 0 Å². The fourth-order valence-electron chi connectivity index (χ4n) is 3.11. The zero-order valence-electron chi connectivity index (χ0n) is 16.4. The van der Waals surface area contributed by atoms with E-state index in [2.05, 4.69) is 21.4 Å². The van der Waals surface area contributed by atoms with Gasteiger partial charge in [0.1, 0.15) is 11.1 Å². The summed E-state index contributed by atoms with van der Waals surface area (Å²) in [6.45, 7) is 7.66. The molecule has 1 N–H and O–H groups in total. The monoisotopic (exact) mass is 390 g/mol. The number of nitrogens with one attached hydrogen (secondary N) is 1. The van der Waals surface area contributed by atoms with Crippen LogP contribution in [0.2, 0.25) is 0 Å². The number of aryl methyl sites for hydroxylation is 3. The Hall–Kier alpha value is -2.91. The number of nitriles is 1. The Bertz CT molecular complexity index is 1090. The highest BCUT2D eigenvalue weighted by Gasteiger charge is 2.22. The Morgan fingerprint density at radius 2 is 1.89 bits per heavy atom. The number of pyridine rings is 2. The van der Waals surface area contributed by atoms with Crippen LogP contribution in [0.15, 0.2) is 41.4 Å². The minimum absolute atomic E-state index is 0.104. The molecule has 1 amide bonds. The number of hydrogen-bond donors (Lipinski definition) is 1. The Balaban J connectivity index is 1.89. The van der Waals surface area contributed by atoms with Gasteiger partial charge >= 0.3 is 0 Å². The molecule has 2 aromatic heterocycles.